The highest BCUT2D eigenvalue weighted by Gasteiger charge is 2.17. The summed E-state index contributed by atoms with van der Waals surface area (Å²) < 4.78 is 9.66. The van der Waals surface area contributed by atoms with E-state index in [1.165, 1.54) is 0 Å². The second kappa shape index (κ2) is 3.70. The predicted octanol–water partition coefficient (Wildman–Crippen LogP) is 2.64. The zero-order valence-electron chi connectivity index (χ0n) is 9.30. The van der Waals surface area contributed by atoms with Crippen LogP contribution < -0.4 is 0 Å². The summed E-state index contributed by atoms with van der Waals surface area (Å²) >= 11 is 0. The maximum atomic E-state index is 11.7. The topological polar surface area (TPSA) is 52.6 Å². The molecule has 0 radical (unpaired) electrons. The molecule has 0 amide bonds. The number of hydrogen-bond acceptors (Lipinski definition) is 4. The van der Waals surface area contributed by atoms with E-state index >= 15 is 0 Å². The van der Waals surface area contributed by atoms with Crippen LogP contribution in [-0.2, 0) is 9.47 Å². The number of rotatable bonds is 0. The van der Waals surface area contributed by atoms with Gasteiger partial charge in [-0.15, -0.1) is 0 Å². The second-order valence-electron chi connectivity index (χ2n) is 3.93. The molecule has 2 aromatic rings. The van der Waals surface area contributed by atoms with Crippen LogP contribution in [0.5, 0.6) is 0 Å². The van der Waals surface area contributed by atoms with Gasteiger partial charge >= 0.3 is 11.9 Å². The molecule has 4 heteroatoms. The Morgan fingerprint density at radius 1 is 0.778 bits per heavy atom. The van der Waals surface area contributed by atoms with Crippen molar-refractivity contribution in [2.75, 3.05) is 0 Å². The van der Waals surface area contributed by atoms with Gasteiger partial charge in [0.25, 0.3) is 5.95 Å². The summed E-state index contributed by atoms with van der Waals surface area (Å²) in [5, 5.41) is 1.71. The van der Waals surface area contributed by atoms with Crippen LogP contribution in [-0.4, -0.2) is 11.9 Å². The normalized spacial score (nSPS) is 14.8. The fourth-order valence-electron chi connectivity index (χ4n) is 1.85. The molecule has 0 atom stereocenters. The summed E-state index contributed by atoms with van der Waals surface area (Å²) in [7, 11) is 0. The number of fused-ring (bicyclic) bond motifs is 2. The molecule has 3 heterocycles. The quantitative estimate of drug-likeness (QED) is 0.664. The van der Waals surface area contributed by atoms with Crippen LogP contribution in [0.1, 0.15) is 20.7 Å². The molecule has 0 fully saturated rings. The van der Waals surface area contributed by atoms with Gasteiger partial charge in [-0.05, 0) is 41.6 Å². The standard InChI is InChI=1S/C14H8O4/c1-8-17-13(15)11-4-2-9-6-12(14(16)18-8)5-3-10(9)7-11/h2-7H,1H2. The van der Waals surface area contributed by atoms with Gasteiger partial charge in [-0.3, -0.25) is 0 Å². The first-order valence-corrected chi connectivity index (χ1v) is 5.30. The van der Waals surface area contributed by atoms with Crippen LogP contribution in [0.3, 0.4) is 0 Å². The van der Waals surface area contributed by atoms with Crippen molar-refractivity contribution in [1.29, 1.82) is 0 Å². The van der Waals surface area contributed by atoms with Crippen LogP contribution in [0.15, 0.2) is 48.9 Å². The third-order valence-corrected chi connectivity index (χ3v) is 2.72. The lowest BCUT2D eigenvalue weighted by Gasteiger charge is -2.06. The van der Waals surface area contributed by atoms with Gasteiger partial charge in [0.1, 0.15) is 0 Å². The van der Waals surface area contributed by atoms with Crippen LogP contribution in [0.4, 0.5) is 0 Å². The lowest BCUT2D eigenvalue weighted by Crippen LogP contribution is -2.09. The van der Waals surface area contributed by atoms with Gasteiger partial charge in [0.15, 0.2) is 0 Å². The minimum atomic E-state index is -0.598. The molecule has 3 aliphatic heterocycles. The molecule has 18 heavy (non-hydrogen) atoms. The molecule has 4 nitrogen and oxygen atoms in total. The maximum absolute atomic E-state index is 11.7. The molecule has 0 aliphatic carbocycles. The molecule has 0 spiro atoms. The lowest BCUT2D eigenvalue weighted by molar-refractivity contribution is 0.0242. The van der Waals surface area contributed by atoms with Gasteiger partial charge in [-0.1, -0.05) is 12.1 Å². The van der Waals surface area contributed by atoms with E-state index in [4.69, 9.17) is 9.47 Å². The largest absolute Gasteiger partial charge is 0.389 e. The Morgan fingerprint density at radius 2 is 1.22 bits per heavy atom. The summed E-state index contributed by atoms with van der Waals surface area (Å²) in [6.07, 6.45) is 0. The van der Waals surface area contributed by atoms with Crippen molar-refractivity contribution < 1.29 is 19.1 Å². The van der Waals surface area contributed by atoms with E-state index in [0.717, 1.165) is 10.8 Å². The molecule has 2 aromatic carbocycles. The van der Waals surface area contributed by atoms with Crippen LogP contribution in [0.2, 0.25) is 0 Å². The minimum Gasteiger partial charge on any atom is -0.389 e. The zero-order valence-corrected chi connectivity index (χ0v) is 9.30. The Labute approximate surface area is 102 Å². The van der Waals surface area contributed by atoms with E-state index in [-0.39, 0.29) is 5.95 Å². The van der Waals surface area contributed by atoms with Crippen molar-refractivity contribution >= 4 is 22.7 Å². The van der Waals surface area contributed by atoms with Crippen molar-refractivity contribution in [2.45, 2.75) is 0 Å². The average molecular weight is 240 g/mol. The lowest BCUT2D eigenvalue weighted by atomic mass is 10.0. The first-order valence-electron chi connectivity index (χ1n) is 5.30. The molecular weight excluding hydrogens is 232 g/mol. The van der Waals surface area contributed by atoms with E-state index < -0.39 is 11.9 Å². The monoisotopic (exact) mass is 240 g/mol. The highest BCUT2D eigenvalue weighted by molar-refractivity contribution is 6.00. The van der Waals surface area contributed by atoms with Crippen molar-refractivity contribution in [3.63, 3.8) is 0 Å². The number of hydrogen-bond donors (Lipinski definition) is 0. The minimum absolute atomic E-state index is 0.322. The van der Waals surface area contributed by atoms with Gasteiger partial charge in [-0.25, -0.2) is 9.59 Å². The molecule has 0 unspecified atom stereocenters. The fourth-order valence-corrected chi connectivity index (χ4v) is 1.85. The first kappa shape index (κ1) is 10.5. The smallest absolute Gasteiger partial charge is 0.345 e. The van der Waals surface area contributed by atoms with Crippen LogP contribution >= 0.6 is 0 Å². The molecule has 5 rings (SSSR count). The summed E-state index contributed by atoms with van der Waals surface area (Å²) in [4.78, 5) is 23.5. The Kier molecular flexibility index (Phi) is 2.16. The molecule has 0 saturated heterocycles. The summed E-state index contributed by atoms with van der Waals surface area (Å²) in [5.41, 5.74) is 0.767. The summed E-state index contributed by atoms with van der Waals surface area (Å²) in [6.45, 7) is 3.38. The van der Waals surface area contributed by atoms with Gasteiger partial charge in [0.2, 0.25) is 0 Å². The molecule has 0 aromatic heterocycles. The third-order valence-electron chi connectivity index (χ3n) is 2.72. The van der Waals surface area contributed by atoms with E-state index in [2.05, 4.69) is 6.58 Å². The van der Waals surface area contributed by atoms with E-state index in [1.807, 2.05) is 0 Å². The van der Waals surface area contributed by atoms with Gasteiger partial charge in [-0.2, -0.15) is 0 Å². The summed E-state index contributed by atoms with van der Waals surface area (Å²) in [6, 6.07) is 10.2. The Balaban J connectivity index is 2.29. The average Bonchev–Trinajstić information content (AvgIpc) is 2.39. The number of benzene rings is 2. The van der Waals surface area contributed by atoms with E-state index in [0.29, 0.717) is 11.1 Å². The fraction of sp³-hybridized carbons (Fsp3) is 0. The maximum Gasteiger partial charge on any atom is 0.345 e. The Bertz CT molecular complexity index is 641. The summed E-state index contributed by atoms with van der Waals surface area (Å²) in [5.74, 6) is -1.52. The van der Waals surface area contributed by atoms with Gasteiger partial charge in [0.05, 0.1) is 11.1 Å². The number of esters is 2. The molecule has 4 bridgehead atoms. The molecule has 88 valence electrons. The van der Waals surface area contributed by atoms with Crippen LogP contribution in [0.25, 0.3) is 10.8 Å². The predicted molar refractivity (Wildman–Crippen MR) is 63.9 cm³/mol. The number of ether oxygens (including phenoxy) is 2. The molecule has 0 N–H and O–H groups in total. The number of carbonyl (C=O) groups excluding carboxylic acids is 2. The SMILES string of the molecule is C=C1OC(=O)c2ccc3cc(ccc3c2)C(=O)O1. The van der Waals surface area contributed by atoms with E-state index in [9.17, 15) is 9.59 Å². The highest BCUT2D eigenvalue weighted by Crippen LogP contribution is 2.21. The Morgan fingerprint density at radius 3 is 1.67 bits per heavy atom. The highest BCUT2D eigenvalue weighted by atomic mass is 16.7. The van der Waals surface area contributed by atoms with Crippen molar-refractivity contribution in [3.8, 4) is 0 Å². The molecular formula is C14H8O4. The number of carbonyl (C=O) groups is 2. The third kappa shape index (κ3) is 1.64. The molecule has 0 saturated carbocycles. The van der Waals surface area contributed by atoms with Crippen molar-refractivity contribution in [2.24, 2.45) is 0 Å². The van der Waals surface area contributed by atoms with Crippen molar-refractivity contribution in [3.05, 3.63) is 60.0 Å². The van der Waals surface area contributed by atoms with Crippen molar-refractivity contribution in [1.82, 2.24) is 0 Å². The van der Waals surface area contributed by atoms with E-state index in [1.54, 1.807) is 36.4 Å². The van der Waals surface area contributed by atoms with Gasteiger partial charge < -0.3 is 9.47 Å². The zero-order chi connectivity index (χ0) is 12.7. The molecule has 3 aliphatic rings. The van der Waals surface area contributed by atoms with Gasteiger partial charge in [0, 0.05) is 0 Å². The van der Waals surface area contributed by atoms with Crippen LogP contribution in [0, 0.1) is 0 Å². The second-order valence-corrected chi connectivity index (χ2v) is 3.93. The first-order chi connectivity index (χ1) is 8.63. The Hall–Kier alpha value is -2.62.